The zero-order valence-corrected chi connectivity index (χ0v) is 9.87. The number of halogens is 1. The van der Waals surface area contributed by atoms with Gasteiger partial charge in [-0.3, -0.25) is 0 Å². The number of hydrogen-bond donors (Lipinski definition) is 0. The van der Waals surface area contributed by atoms with Gasteiger partial charge in [-0.1, -0.05) is 36.4 Å². The van der Waals surface area contributed by atoms with E-state index in [1.165, 1.54) is 6.08 Å². The van der Waals surface area contributed by atoms with Gasteiger partial charge < -0.3 is 0 Å². The Kier molecular flexibility index (Phi) is 2.99. The summed E-state index contributed by atoms with van der Waals surface area (Å²) in [7, 11) is 1.50. The van der Waals surface area contributed by atoms with E-state index in [-0.39, 0.29) is 0 Å². The van der Waals surface area contributed by atoms with E-state index in [4.69, 9.17) is 10.7 Å². The zero-order valence-electron chi connectivity index (χ0n) is 8.30. The molecule has 2 nitrogen and oxygen atoms in total. The van der Waals surface area contributed by atoms with Crippen LogP contribution in [0.15, 0.2) is 47.9 Å². The van der Waals surface area contributed by atoms with E-state index in [0.717, 1.165) is 21.7 Å². The van der Waals surface area contributed by atoms with Gasteiger partial charge in [0, 0.05) is 16.1 Å². The summed E-state index contributed by atoms with van der Waals surface area (Å²) in [6, 6.07) is 13.6. The highest BCUT2D eigenvalue weighted by Gasteiger charge is 1.97. The first-order valence-electron chi connectivity index (χ1n) is 4.66. The van der Waals surface area contributed by atoms with Crippen LogP contribution in [-0.2, 0) is 9.05 Å². The molecule has 0 aliphatic heterocycles. The maximum Gasteiger partial charge on any atom is 0.254 e. The van der Waals surface area contributed by atoms with E-state index >= 15 is 0 Å². The average Bonchev–Trinajstić information content (AvgIpc) is 2.25. The predicted molar refractivity (Wildman–Crippen MR) is 67.8 cm³/mol. The number of fused-ring (bicyclic) bond motifs is 1. The third-order valence-electron chi connectivity index (χ3n) is 2.20. The molecule has 0 aliphatic rings. The molecule has 0 fully saturated rings. The standard InChI is InChI=1S/C12H9ClO2S/c13-16(14,15)8-7-10-5-6-11-3-1-2-4-12(11)9-10/h1-9H/b8-7+. The van der Waals surface area contributed by atoms with Crippen LogP contribution in [0.4, 0.5) is 0 Å². The fourth-order valence-corrected chi connectivity index (χ4v) is 1.95. The minimum absolute atomic E-state index is 0.808. The third-order valence-corrected chi connectivity index (χ3v) is 2.97. The van der Waals surface area contributed by atoms with Crippen molar-refractivity contribution in [1.29, 1.82) is 0 Å². The minimum atomic E-state index is -3.58. The Morgan fingerprint density at radius 2 is 1.69 bits per heavy atom. The van der Waals surface area contributed by atoms with E-state index in [2.05, 4.69) is 0 Å². The first-order chi connectivity index (χ1) is 7.54. The SMILES string of the molecule is O=S(=O)(Cl)/C=C/c1ccc2ccccc2c1. The molecule has 82 valence electrons. The van der Waals surface area contributed by atoms with Crippen LogP contribution in [0, 0.1) is 0 Å². The Balaban J connectivity index is 2.44. The van der Waals surface area contributed by atoms with Crippen molar-refractivity contribution in [2.45, 2.75) is 0 Å². The van der Waals surface area contributed by atoms with Crippen LogP contribution in [0.25, 0.3) is 16.8 Å². The largest absolute Gasteiger partial charge is 0.254 e. The molecule has 0 heterocycles. The lowest BCUT2D eigenvalue weighted by Crippen LogP contribution is -1.80. The Morgan fingerprint density at radius 3 is 2.38 bits per heavy atom. The second-order valence-corrected chi connectivity index (χ2v) is 5.90. The van der Waals surface area contributed by atoms with Gasteiger partial charge in [0.25, 0.3) is 9.05 Å². The number of benzene rings is 2. The fraction of sp³-hybridized carbons (Fsp3) is 0. The summed E-state index contributed by atoms with van der Waals surface area (Å²) in [6.07, 6.45) is 1.48. The molecule has 0 aliphatic carbocycles. The normalized spacial score (nSPS) is 12.3. The summed E-state index contributed by atoms with van der Waals surface area (Å²) in [5, 5.41) is 3.17. The van der Waals surface area contributed by atoms with E-state index in [0.29, 0.717) is 0 Å². The van der Waals surface area contributed by atoms with Gasteiger partial charge in [0.15, 0.2) is 0 Å². The lowest BCUT2D eigenvalue weighted by Gasteiger charge is -1.98. The molecule has 0 amide bonds. The molecule has 0 N–H and O–H groups in total. The summed E-state index contributed by atoms with van der Waals surface area (Å²) in [5.41, 5.74) is 0.808. The van der Waals surface area contributed by atoms with Gasteiger partial charge in [0.1, 0.15) is 0 Å². The average molecular weight is 253 g/mol. The van der Waals surface area contributed by atoms with Gasteiger partial charge in [-0.05, 0) is 28.5 Å². The van der Waals surface area contributed by atoms with Gasteiger partial charge in [-0.15, -0.1) is 0 Å². The maximum atomic E-state index is 10.7. The summed E-state index contributed by atoms with van der Waals surface area (Å²) in [6.45, 7) is 0. The quantitative estimate of drug-likeness (QED) is 0.768. The second kappa shape index (κ2) is 4.28. The monoisotopic (exact) mass is 252 g/mol. The molecule has 2 aromatic rings. The molecule has 2 rings (SSSR count). The highest BCUT2D eigenvalue weighted by Crippen LogP contribution is 2.17. The van der Waals surface area contributed by atoms with Crippen LogP contribution < -0.4 is 0 Å². The smallest absolute Gasteiger partial charge is 0.208 e. The molecule has 0 unspecified atom stereocenters. The summed E-state index contributed by atoms with van der Waals surface area (Å²) < 4.78 is 21.5. The van der Waals surface area contributed by atoms with Crippen molar-refractivity contribution in [1.82, 2.24) is 0 Å². The molecule has 0 atom stereocenters. The van der Waals surface area contributed by atoms with Crippen molar-refractivity contribution < 1.29 is 8.42 Å². The van der Waals surface area contributed by atoms with Gasteiger partial charge >= 0.3 is 0 Å². The van der Waals surface area contributed by atoms with Crippen LogP contribution in [0.5, 0.6) is 0 Å². The molecular formula is C12H9ClO2S. The second-order valence-electron chi connectivity index (χ2n) is 3.38. The Labute approximate surface area is 98.6 Å². The molecule has 0 bridgehead atoms. The molecule has 0 aromatic heterocycles. The van der Waals surface area contributed by atoms with Gasteiger partial charge in [0.2, 0.25) is 0 Å². The van der Waals surface area contributed by atoms with Crippen molar-refractivity contribution in [3.8, 4) is 0 Å². The van der Waals surface area contributed by atoms with Crippen molar-refractivity contribution in [3.05, 3.63) is 53.4 Å². The van der Waals surface area contributed by atoms with Gasteiger partial charge in [-0.25, -0.2) is 8.42 Å². The number of hydrogen-bond acceptors (Lipinski definition) is 2. The summed E-state index contributed by atoms with van der Waals surface area (Å²) in [4.78, 5) is 0. The highest BCUT2D eigenvalue weighted by atomic mass is 35.7. The van der Waals surface area contributed by atoms with Crippen molar-refractivity contribution in [2.24, 2.45) is 0 Å². The Bertz CT molecular complexity index is 645. The number of rotatable bonds is 2. The summed E-state index contributed by atoms with van der Waals surface area (Å²) >= 11 is 0. The molecule has 0 spiro atoms. The molecular weight excluding hydrogens is 244 g/mol. The molecule has 0 saturated carbocycles. The maximum absolute atomic E-state index is 10.7. The highest BCUT2D eigenvalue weighted by molar-refractivity contribution is 8.16. The molecule has 0 radical (unpaired) electrons. The lowest BCUT2D eigenvalue weighted by molar-refractivity contribution is 0.617. The lowest BCUT2D eigenvalue weighted by atomic mass is 10.1. The first kappa shape index (κ1) is 11.2. The Morgan fingerprint density at radius 1 is 1.00 bits per heavy atom. The predicted octanol–water partition coefficient (Wildman–Crippen LogP) is 3.38. The van der Waals surface area contributed by atoms with E-state index in [1.807, 2.05) is 42.5 Å². The topological polar surface area (TPSA) is 34.1 Å². The van der Waals surface area contributed by atoms with E-state index < -0.39 is 9.05 Å². The van der Waals surface area contributed by atoms with Gasteiger partial charge in [0.05, 0.1) is 0 Å². The van der Waals surface area contributed by atoms with Crippen LogP contribution in [-0.4, -0.2) is 8.42 Å². The first-order valence-corrected chi connectivity index (χ1v) is 7.03. The molecule has 16 heavy (non-hydrogen) atoms. The molecule has 4 heteroatoms. The van der Waals surface area contributed by atoms with Crippen LogP contribution >= 0.6 is 10.7 Å². The van der Waals surface area contributed by atoms with Crippen LogP contribution in [0.2, 0.25) is 0 Å². The minimum Gasteiger partial charge on any atom is -0.208 e. The van der Waals surface area contributed by atoms with Crippen molar-refractivity contribution in [2.75, 3.05) is 0 Å². The molecule has 0 saturated heterocycles. The van der Waals surface area contributed by atoms with Crippen LogP contribution in [0.1, 0.15) is 5.56 Å². The Hall–Kier alpha value is -1.32. The van der Waals surface area contributed by atoms with Crippen molar-refractivity contribution in [3.63, 3.8) is 0 Å². The zero-order chi connectivity index (χ0) is 11.6. The van der Waals surface area contributed by atoms with E-state index in [9.17, 15) is 8.42 Å². The summed E-state index contributed by atoms with van der Waals surface area (Å²) in [5.74, 6) is 0. The van der Waals surface area contributed by atoms with Crippen LogP contribution in [0.3, 0.4) is 0 Å². The third kappa shape index (κ3) is 2.84. The fourth-order valence-electron chi connectivity index (χ4n) is 1.47. The van der Waals surface area contributed by atoms with Crippen molar-refractivity contribution >= 4 is 36.6 Å². The van der Waals surface area contributed by atoms with Gasteiger partial charge in [-0.2, -0.15) is 0 Å². The molecule has 2 aromatic carbocycles. The van der Waals surface area contributed by atoms with E-state index in [1.54, 1.807) is 0 Å².